The Hall–Kier alpha value is -7.57. The van der Waals surface area contributed by atoms with Crippen LogP contribution in [-0.4, -0.2) is 4.98 Å². The van der Waals surface area contributed by atoms with Crippen LogP contribution in [0, 0.1) is 0 Å². The smallest absolute Gasteiger partial charge is 0.227 e. The Morgan fingerprint density at radius 2 is 0.927 bits per heavy atom. The number of para-hydroxylation sites is 5. The van der Waals surface area contributed by atoms with E-state index in [1.807, 2.05) is 78.9 Å². The summed E-state index contributed by atoms with van der Waals surface area (Å²) in [5, 5.41) is 4.26. The molecule has 0 saturated carbocycles. The highest BCUT2D eigenvalue weighted by atomic mass is 16.3. The molecule has 3 heterocycles. The van der Waals surface area contributed by atoms with Crippen molar-refractivity contribution < 1.29 is 13.3 Å². The molecule has 0 amide bonds. The fourth-order valence-corrected chi connectivity index (χ4v) is 7.77. The molecule has 260 valence electrons. The summed E-state index contributed by atoms with van der Waals surface area (Å²) >= 11 is 0. The summed E-state index contributed by atoms with van der Waals surface area (Å²) in [7, 11) is 0. The molecule has 0 bridgehead atoms. The molecular formula is C49H31N3O3. The fourth-order valence-electron chi connectivity index (χ4n) is 7.77. The molecule has 3 aromatic heterocycles. The molecule has 11 aromatic rings. The topological polar surface area (TPSA) is 58.8 Å². The molecule has 0 fully saturated rings. The van der Waals surface area contributed by atoms with Crippen molar-refractivity contribution in [3.63, 3.8) is 0 Å². The SMILES string of the molecule is c1ccc(-c2nc3c(N(c4ccccc4)c4cccc5c4oc4ccccc45)cc(N(c4ccccc4)c4ccc5c(c4)oc4ccccc45)cc3o2)cc1. The maximum atomic E-state index is 6.72. The Balaban J connectivity index is 1.21. The number of fused-ring (bicyclic) bond motifs is 7. The van der Waals surface area contributed by atoms with Crippen molar-refractivity contribution in [1.82, 2.24) is 4.98 Å². The molecule has 8 aromatic carbocycles. The molecule has 55 heavy (non-hydrogen) atoms. The van der Waals surface area contributed by atoms with Gasteiger partial charge >= 0.3 is 0 Å². The predicted molar refractivity (Wildman–Crippen MR) is 223 cm³/mol. The first kappa shape index (κ1) is 31.0. The van der Waals surface area contributed by atoms with E-state index in [1.165, 1.54) is 0 Å². The van der Waals surface area contributed by atoms with Crippen LogP contribution in [-0.2, 0) is 0 Å². The minimum absolute atomic E-state index is 0.541. The van der Waals surface area contributed by atoms with Crippen LogP contribution in [0.15, 0.2) is 201 Å². The first-order valence-corrected chi connectivity index (χ1v) is 18.3. The van der Waals surface area contributed by atoms with Crippen molar-refractivity contribution in [3.8, 4) is 11.5 Å². The highest BCUT2D eigenvalue weighted by molar-refractivity contribution is 6.12. The summed E-state index contributed by atoms with van der Waals surface area (Å²) in [6.45, 7) is 0. The molecule has 0 aliphatic heterocycles. The normalized spacial score (nSPS) is 11.6. The predicted octanol–water partition coefficient (Wildman–Crippen LogP) is 14.2. The van der Waals surface area contributed by atoms with E-state index in [2.05, 4.69) is 119 Å². The van der Waals surface area contributed by atoms with E-state index in [4.69, 9.17) is 18.2 Å². The van der Waals surface area contributed by atoms with Crippen molar-refractivity contribution in [1.29, 1.82) is 0 Å². The van der Waals surface area contributed by atoms with Crippen LogP contribution in [0.4, 0.5) is 34.1 Å². The van der Waals surface area contributed by atoms with Gasteiger partial charge in [-0.05, 0) is 72.8 Å². The summed E-state index contributed by atoms with van der Waals surface area (Å²) in [5.74, 6) is 0.541. The molecule has 0 atom stereocenters. The van der Waals surface area contributed by atoms with Gasteiger partial charge in [-0.15, -0.1) is 0 Å². The third-order valence-electron chi connectivity index (χ3n) is 10.3. The van der Waals surface area contributed by atoms with Gasteiger partial charge in [0.15, 0.2) is 11.2 Å². The van der Waals surface area contributed by atoms with Crippen molar-refractivity contribution in [2.75, 3.05) is 9.80 Å². The Kier molecular flexibility index (Phi) is 7.07. The molecule has 6 nitrogen and oxygen atoms in total. The standard InChI is InChI=1S/C49H31N3O3/c1-4-15-32(16-5-1)49-50-47-42(52(34-19-8-3-9-20-34)41-24-14-23-40-38-22-11-13-26-44(38)54-48(40)41)29-36(31-46(47)55-49)51(33-17-6-2-7-18-33)35-27-28-39-37-21-10-12-25-43(37)53-45(39)30-35/h1-31H. The van der Waals surface area contributed by atoms with Gasteiger partial charge in [-0.2, -0.15) is 0 Å². The second-order valence-corrected chi connectivity index (χ2v) is 13.6. The molecule has 0 aliphatic carbocycles. The summed E-state index contributed by atoms with van der Waals surface area (Å²) < 4.78 is 19.8. The van der Waals surface area contributed by atoms with E-state index in [1.54, 1.807) is 0 Å². The van der Waals surface area contributed by atoms with E-state index in [9.17, 15) is 0 Å². The van der Waals surface area contributed by atoms with E-state index in [0.717, 1.165) is 89.1 Å². The summed E-state index contributed by atoms with van der Waals surface area (Å²) in [6, 6.07) is 64.2. The third kappa shape index (κ3) is 5.15. The van der Waals surface area contributed by atoms with Gasteiger partial charge in [0, 0.05) is 56.3 Å². The van der Waals surface area contributed by atoms with Gasteiger partial charge in [-0.3, -0.25) is 0 Å². The first-order chi connectivity index (χ1) is 27.3. The first-order valence-electron chi connectivity index (χ1n) is 18.3. The highest BCUT2D eigenvalue weighted by Crippen LogP contribution is 2.48. The van der Waals surface area contributed by atoms with Crippen molar-refractivity contribution >= 4 is 89.1 Å². The van der Waals surface area contributed by atoms with Gasteiger partial charge in [-0.25, -0.2) is 4.98 Å². The molecule has 6 heteroatoms. The van der Waals surface area contributed by atoms with Crippen LogP contribution in [0.1, 0.15) is 0 Å². The third-order valence-corrected chi connectivity index (χ3v) is 10.3. The molecule has 0 aliphatic rings. The van der Waals surface area contributed by atoms with E-state index >= 15 is 0 Å². The van der Waals surface area contributed by atoms with Gasteiger partial charge in [0.2, 0.25) is 5.89 Å². The zero-order valence-electron chi connectivity index (χ0n) is 29.5. The van der Waals surface area contributed by atoms with Crippen molar-refractivity contribution in [2.24, 2.45) is 0 Å². The van der Waals surface area contributed by atoms with E-state index in [-0.39, 0.29) is 0 Å². The van der Waals surface area contributed by atoms with Crippen molar-refractivity contribution in [3.05, 3.63) is 188 Å². The maximum Gasteiger partial charge on any atom is 0.227 e. The molecule has 0 N–H and O–H groups in total. The molecule has 11 rings (SSSR count). The van der Waals surface area contributed by atoms with Crippen LogP contribution < -0.4 is 9.80 Å². The van der Waals surface area contributed by atoms with Gasteiger partial charge in [-0.1, -0.05) is 103 Å². The molecule has 0 saturated heterocycles. The minimum Gasteiger partial charge on any atom is -0.456 e. The number of nitrogens with zero attached hydrogens (tertiary/aromatic N) is 3. The number of rotatable bonds is 7. The lowest BCUT2D eigenvalue weighted by atomic mass is 10.1. The summed E-state index contributed by atoms with van der Waals surface area (Å²) in [5.41, 5.74) is 11.0. The average molecular weight is 710 g/mol. The van der Waals surface area contributed by atoms with Crippen LogP contribution in [0.2, 0.25) is 0 Å². The number of oxazole rings is 1. The number of hydrogen-bond donors (Lipinski definition) is 0. The van der Waals surface area contributed by atoms with Crippen LogP contribution in [0.5, 0.6) is 0 Å². The number of anilines is 6. The zero-order valence-corrected chi connectivity index (χ0v) is 29.5. The fraction of sp³-hybridized carbons (Fsp3) is 0. The highest BCUT2D eigenvalue weighted by Gasteiger charge is 2.26. The Labute approximate surface area is 315 Å². The lowest BCUT2D eigenvalue weighted by molar-refractivity contribution is 0.620. The van der Waals surface area contributed by atoms with Crippen LogP contribution in [0.3, 0.4) is 0 Å². The van der Waals surface area contributed by atoms with Gasteiger partial charge in [0.05, 0.1) is 17.1 Å². The van der Waals surface area contributed by atoms with Crippen molar-refractivity contribution in [2.45, 2.75) is 0 Å². The van der Waals surface area contributed by atoms with E-state index < -0.39 is 0 Å². The number of hydrogen-bond acceptors (Lipinski definition) is 6. The molecule has 0 radical (unpaired) electrons. The zero-order chi connectivity index (χ0) is 36.3. The second-order valence-electron chi connectivity index (χ2n) is 13.6. The Bertz CT molecular complexity index is 3170. The lowest BCUT2D eigenvalue weighted by Crippen LogP contribution is -2.14. The molecule has 0 unspecified atom stereocenters. The number of furan rings is 2. The lowest BCUT2D eigenvalue weighted by Gasteiger charge is -2.29. The summed E-state index contributed by atoms with van der Waals surface area (Å²) in [6.07, 6.45) is 0. The van der Waals surface area contributed by atoms with Gasteiger partial charge in [0.25, 0.3) is 0 Å². The minimum atomic E-state index is 0.541. The number of benzene rings is 8. The Morgan fingerprint density at radius 1 is 0.345 bits per heavy atom. The second kappa shape index (κ2) is 12.5. The average Bonchev–Trinajstić information content (AvgIpc) is 3.96. The molecular weight excluding hydrogens is 679 g/mol. The quantitative estimate of drug-likeness (QED) is 0.164. The maximum absolute atomic E-state index is 6.72. The largest absolute Gasteiger partial charge is 0.456 e. The van der Waals surface area contributed by atoms with Gasteiger partial charge < -0.3 is 23.1 Å². The van der Waals surface area contributed by atoms with Gasteiger partial charge in [0.1, 0.15) is 22.3 Å². The summed E-state index contributed by atoms with van der Waals surface area (Å²) in [4.78, 5) is 9.69. The van der Waals surface area contributed by atoms with Crippen LogP contribution in [0.25, 0.3) is 66.4 Å². The monoisotopic (exact) mass is 709 g/mol. The number of aromatic nitrogens is 1. The Morgan fingerprint density at radius 3 is 1.67 bits per heavy atom. The van der Waals surface area contributed by atoms with E-state index in [0.29, 0.717) is 11.5 Å². The molecule has 0 spiro atoms. The van der Waals surface area contributed by atoms with Crippen LogP contribution >= 0.6 is 0 Å².